The van der Waals surface area contributed by atoms with E-state index in [2.05, 4.69) is 6.07 Å². The van der Waals surface area contributed by atoms with Crippen LogP contribution in [0.5, 0.6) is 0 Å². The van der Waals surface area contributed by atoms with Gasteiger partial charge in [0.1, 0.15) is 5.41 Å². The molecular formula is C10H10ClNO. The second kappa shape index (κ2) is 3.78. The standard InChI is InChI=1S/C10H10ClNO/c1-10(6-12,7-13)8-2-4-9(11)5-3-8/h2-5,13H,7H2,1H3. The summed E-state index contributed by atoms with van der Waals surface area (Å²) in [7, 11) is 0. The third-order valence-corrected chi connectivity index (χ3v) is 2.30. The van der Waals surface area contributed by atoms with E-state index in [1.165, 1.54) is 0 Å². The topological polar surface area (TPSA) is 44.0 Å². The Labute approximate surface area is 82.4 Å². The van der Waals surface area contributed by atoms with E-state index >= 15 is 0 Å². The summed E-state index contributed by atoms with van der Waals surface area (Å²) in [5.74, 6) is 0. The predicted octanol–water partition coefficient (Wildman–Crippen LogP) is 2.11. The van der Waals surface area contributed by atoms with E-state index in [9.17, 15) is 0 Å². The highest BCUT2D eigenvalue weighted by molar-refractivity contribution is 6.30. The molecule has 0 spiro atoms. The summed E-state index contributed by atoms with van der Waals surface area (Å²) in [6.45, 7) is 1.50. The van der Waals surface area contributed by atoms with Gasteiger partial charge in [0.2, 0.25) is 0 Å². The third-order valence-electron chi connectivity index (χ3n) is 2.04. The van der Waals surface area contributed by atoms with Gasteiger partial charge in [0.25, 0.3) is 0 Å². The SMILES string of the molecule is CC(C#N)(CO)c1ccc(Cl)cc1. The number of hydrogen-bond donors (Lipinski definition) is 1. The lowest BCUT2D eigenvalue weighted by atomic mass is 9.85. The summed E-state index contributed by atoms with van der Waals surface area (Å²) in [4.78, 5) is 0. The number of nitrogens with zero attached hydrogens (tertiary/aromatic N) is 1. The Morgan fingerprint density at radius 3 is 2.38 bits per heavy atom. The molecule has 0 saturated heterocycles. The van der Waals surface area contributed by atoms with Crippen molar-refractivity contribution in [1.82, 2.24) is 0 Å². The number of aliphatic hydroxyl groups excluding tert-OH is 1. The zero-order valence-corrected chi connectivity index (χ0v) is 8.04. The summed E-state index contributed by atoms with van der Waals surface area (Å²) in [5, 5.41) is 18.5. The van der Waals surface area contributed by atoms with Gasteiger partial charge in [-0.05, 0) is 24.6 Å². The first-order valence-electron chi connectivity index (χ1n) is 3.90. The molecule has 13 heavy (non-hydrogen) atoms. The lowest BCUT2D eigenvalue weighted by Crippen LogP contribution is -2.24. The maximum absolute atomic E-state index is 9.05. The zero-order valence-electron chi connectivity index (χ0n) is 7.29. The van der Waals surface area contributed by atoms with E-state index in [0.717, 1.165) is 5.56 Å². The number of rotatable bonds is 2. The summed E-state index contributed by atoms with van der Waals surface area (Å²) < 4.78 is 0. The van der Waals surface area contributed by atoms with Gasteiger partial charge >= 0.3 is 0 Å². The number of aliphatic hydroxyl groups is 1. The predicted molar refractivity (Wildman–Crippen MR) is 51.5 cm³/mol. The van der Waals surface area contributed by atoms with Crippen LogP contribution in [0.15, 0.2) is 24.3 Å². The van der Waals surface area contributed by atoms with Crippen LogP contribution in [0.2, 0.25) is 5.02 Å². The molecule has 0 aliphatic carbocycles. The number of hydrogen-bond acceptors (Lipinski definition) is 2. The largest absolute Gasteiger partial charge is 0.394 e. The molecule has 0 amide bonds. The minimum absolute atomic E-state index is 0.189. The van der Waals surface area contributed by atoms with Gasteiger partial charge in [0.15, 0.2) is 0 Å². The fourth-order valence-electron chi connectivity index (χ4n) is 1.01. The quantitative estimate of drug-likeness (QED) is 0.786. The van der Waals surface area contributed by atoms with E-state index in [-0.39, 0.29) is 6.61 Å². The maximum Gasteiger partial charge on any atom is 0.102 e. The first-order valence-corrected chi connectivity index (χ1v) is 4.28. The van der Waals surface area contributed by atoms with Crippen LogP contribution in [-0.2, 0) is 5.41 Å². The summed E-state index contributed by atoms with van der Waals surface area (Å²) in [6.07, 6.45) is 0. The summed E-state index contributed by atoms with van der Waals surface area (Å²) >= 11 is 5.70. The molecule has 0 saturated carbocycles. The van der Waals surface area contributed by atoms with Crippen LogP contribution in [0.1, 0.15) is 12.5 Å². The molecule has 3 heteroatoms. The molecule has 0 aromatic heterocycles. The molecule has 1 rings (SSSR count). The van der Waals surface area contributed by atoms with Crippen molar-refractivity contribution < 1.29 is 5.11 Å². The van der Waals surface area contributed by atoms with Crippen molar-refractivity contribution in [3.8, 4) is 6.07 Å². The maximum atomic E-state index is 9.05. The molecule has 1 aromatic rings. The van der Waals surface area contributed by atoms with Crippen LogP contribution in [0.3, 0.4) is 0 Å². The van der Waals surface area contributed by atoms with Crippen LogP contribution in [0.4, 0.5) is 0 Å². The Bertz CT molecular complexity index is 328. The van der Waals surface area contributed by atoms with Crippen molar-refractivity contribution in [2.24, 2.45) is 0 Å². The van der Waals surface area contributed by atoms with Gasteiger partial charge in [-0.3, -0.25) is 0 Å². The minimum atomic E-state index is -0.829. The van der Waals surface area contributed by atoms with E-state index in [0.29, 0.717) is 5.02 Å². The van der Waals surface area contributed by atoms with Crippen molar-refractivity contribution in [2.45, 2.75) is 12.3 Å². The summed E-state index contributed by atoms with van der Waals surface area (Å²) in [6, 6.07) is 9.00. The first-order chi connectivity index (χ1) is 6.12. The summed E-state index contributed by atoms with van der Waals surface area (Å²) in [5.41, 5.74) is -0.0492. The second-order valence-electron chi connectivity index (χ2n) is 3.11. The van der Waals surface area contributed by atoms with E-state index in [4.69, 9.17) is 22.0 Å². The van der Waals surface area contributed by atoms with Gasteiger partial charge in [0.05, 0.1) is 12.7 Å². The number of benzene rings is 1. The van der Waals surface area contributed by atoms with Gasteiger partial charge in [-0.2, -0.15) is 5.26 Å². The Morgan fingerprint density at radius 1 is 1.46 bits per heavy atom. The average Bonchev–Trinajstić information content (AvgIpc) is 2.18. The molecule has 0 heterocycles. The molecule has 0 bridgehead atoms. The van der Waals surface area contributed by atoms with Gasteiger partial charge in [-0.25, -0.2) is 0 Å². The molecule has 0 aliphatic heterocycles. The first kappa shape index (κ1) is 10.0. The molecule has 0 fully saturated rings. The monoisotopic (exact) mass is 195 g/mol. The van der Waals surface area contributed by atoms with Crippen LogP contribution in [0.25, 0.3) is 0 Å². The minimum Gasteiger partial charge on any atom is -0.394 e. The molecule has 0 radical (unpaired) electrons. The molecule has 1 aromatic carbocycles. The molecule has 0 aliphatic rings. The van der Waals surface area contributed by atoms with Crippen LogP contribution in [0, 0.1) is 11.3 Å². The Balaban J connectivity index is 3.08. The molecule has 2 nitrogen and oxygen atoms in total. The fraction of sp³-hybridized carbons (Fsp3) is 0.300. The van der Waals surface area contributed by atoms with E-state index in [1.54, 1.807) is 31.2 Å². The highest BCUT2D eigenvalue weighted by Crippen LogP contribution is 2.23. The van der Waals surface area contributed by atoms with Crippen molar-refractivity contribution >= 4 is 11.6 Å². The third kappa shape index (κ3) is 2.00. The van der Waals surface area contributed by atoms with E-state index in [1.807, 2.05) is 0 Å². The zero-order chi connectivity index (χ0) is 9.90. The lowest BCUT2D eigenvalue weighted by Gasteiger charge is -2.18. The van der Waals surface area contributed by atoms with Crippen LogP contribution >= 0.6 is 11.6 Å². The van der Waals surface area contributed by atoms with Gasteiger partial charge in [-0.15, -0.1) is 0 Å². The van der Waals surface area contributed by atoms with Gasteiger partial charge in [0, 0.05) is 5.02 Å². The van der Waals surface area contributed by atoms with Crippen molar-refractivity contribution in [3.63, 3.8) is 0 Å². The van der Waals surface area contributed by atoms with Crippen molar-refractivity contribution in [1.29, 1.82) is 5.26 Å². The van der Waals surface area contributed by atoms with Gasteiger partial charge in [-0.1, -0.05) is 23.7 Å². The molecule has 68 valence electrons. The Hall–Kier alpha value is -1.04. The second-order valence-corrected chi connectivity index (χ2v) is 3.55. The van der Waals surface area contributed by atoms with Crippen molar-refractivity contribution in [2.75, 3.05) is 6.61 Å². The number of halogens is 1. The van der Waals surface area contributed by atoms with Crippen molar-refractivity contribution in [3.05, 3.63) is 34.9 Å². The molecule has 1 atom stereocenters. The number of nitriles is 1. The fourth-order valence-corrected chi connectivity index (χ4v) is 1.13. The van der Waals surface area contributed by atoms with Crippen LogP contribution < -0.4 is 0 Å². The smallest absolute Gasteiger partial charge is 0.102 e. The highest BCUT2D eigenvalue weighted by Gasteiger charge is 2.24. The Kier molecular flexibility index (Phi) is 2.92. The van der Waals surface area contributed by atoms with Gasteiger partial charge < -0.3 is 5.11 Å². The Morgan fingerprint density at radius 2 is 2.00 bits per heavy atom. The molecule has 1 N–H and O–H groups in total. The normalized spacial score (nSPS) is 14.6. The molecular weight excluding hydrogens is 186 g/mol. The lowest BCUT2D eigenvalue weighted by molar-refractivity contribution is 0.240. The molecule has 1 unspecified atom stereocenters. The highest BCUT2D eigenvalue weighted by atomic mass is 35.5. The average molecular weight is 196 g/mol. The van der Waals surface area contributed by atoms with Crippen LogP contribution in [-0.4, -0.2) is 11.7 Å². The van der Waals surface area contributed by atoms with E-state index < -0.39 is 5.41 Å².